The maximum absolute atomic E-state index is 13.1. The molecule has 0 unspecified atom stereocenters. The second-order valence-electron chi connectivity index (χ2n) is 4.46. The molecule has 0 amide bonds. The molecule has 0 aliphatic carbocycles. The highest BCUT2D eigenvalue weighted by Gasteiger charge is 2.32. The van der Waals surface area contributed by atoms with Crippen molar-refractivity contribution in [2.24, 2.45) is 5.73 Å². The first-order valence-electron chi connectivity index (χ1n) is 5.72. The third kappa shape index (κ3) is 3.03. The minimum Gasteiger partial charge on any atom is -0.327 e. The van der Waals surface area contributed by atoms with E-state index in [1.54, 1.807) is 0 Å². The number of benzene rings is 1. The van der Waals surface area contributed by atoms with Gasteiger partial charge in [0.1, 0.15) is 10.7 Å². The highest BCUT2D eigenvalue weighted by Crippen LogP contribution is 2.33. The Morgan fingerprint density at radius 1 is 1.32 bits per heavy atom. The molecular weight excluding hydrogens is 314 g/mol. The zero-order valence-electron chi connectivity index (χ0n) is 9.94. The highest BCUT2D eigenvalue weighted by molar-refractivity contribution is 7.89. The number of halogens is 3. The Kier molecular flexibility index (Phi) is 4.37. The van der Waals surface area contributed by atoms with Crippen molar-refractivity contribution in [3.8, 4) is 0 Å². The second kappa shape index (κ2) is 5.54. The lowest BCUT2D eigenvalue weighted by Gasteiger charge is -2.30. The van der Waals surface area contributed by atoms with Gasteiger partial charge in [-0.05, 0) is 25.0 Å². The Balaban J connectivity index is 2.45. The van der Waals surface area contributed by atoms with Crippen LogP contribution in [-0.2, 0) is 10.0 Å². The molecule has 1 atom stereocenters. The SMILES string of the molecule is N[C@@H]1CCCN(S(=O)(=O)c2c(Cl)cc(F)cc2Cl)C1. The maximum atomic E-state index is 13.1. The minimum absolute atomic E-state index is 0.207. The number of rotatable bonds is 2. The number of nitrogens with zero attached hydrogens (tertiary/aromatic N) is 1. The van der Waals surface area contributed by atoms with Crippen LogP contribution in [0, 0.1) is 5.82 Å². The summed E-state index contributed by atoms with van der Waals surface area (Å²) >= 11 is 11.6. The number of piperidine rings is 1. The van der Waals surface area contributed by atoms with Gasteiger partial charge in [-0.1, -0.05) is 23.2 Å². The van der Waals surface area contributed by atoms with Gasteiger partial charge in [0.25, 0.3) is 0 Å². The monoisotopic (exact) mass is 326 g/mol. The van der Waals surface area contributed by atoms with Crippen LogP contribution in [0.4, 0.5) is 4.39 Å². The van der Waals surface area contributed by atoms with Crippen LogP contribution in [0.2, 0.25) is 10.0 Å². The molecule has 0 aromatic heterocycles. The molecule has 1 heterocycles. The molecule has 8 heteroatoms. The normalized spacial score (nSPS) is 21.6. The van der Waals surface area contributed by atoms with Gasteiger partial charge in [-0.25, -0.2) is 12.8 Å². The van der Waals surface area contributed by atoms with Crippen molar-refractivity contribution in [2.45, 2.75) is 23.8 Å². The van der Waals surface area contributed by atoms with Crippen molar-refractivity contribution in [1.29, 1.82) is 0 Å². The van der Waals surface area contributed by atoms with E-state index in [1.807, 2.05) is 0 Å². The molecule has 19 heavy (non-hydrogen) atoms. The van der Waals surface area contributed by atoms with E-state index in [4.69, 9.17) is 28.9 Å². The Bertz CT molecular complexity index is 571. The average Bonchev–Trinajstić information content (AvgIpc) is 2.26. The van der Waals surface area contributed by atoms with Crippen LogP contribution < -0.4 is 5.73 Å². The molecule has 1 fully saturated rings. The summed E-state index contributed by atoms with van der Waals surface area (Å²) in [6, 6.07) is 1.66. The van der Waals surface area contributed by atoms with Crippen molar-refractivity contribution >= 4 is 33.2 Å². The first-order valence-corrected chi connectivity index (χ1v) is 7.92. The Morgan fingerprint density at radius 3 is 2.42 bits per heavy atom. The average molecular weight is 327 g/mol. The van der Waals surface area contributed by atoms with Crippen LogP contribution in [0.25, 0.3) is 0 Å². The minimum atomic E-state index is -3.85. The fourth-order valence-electron chi connectivity index (χ4n) is 2.10. The molecule has 0 saturated carbocycles. The topological polar surface area (TPSA) is 63.4 Å². The van der Waals surface area contributed by atoms with Gasteiger partial charge in [0.2, 0.25) is 10.0 Å². The van der Waals surface area contributed by atoms with E-state index in [2.05, 4.69) is 0 Å². The zero-order chi connectivity index (χ0) is 14.2. The summed E-state index contributed by atoms with van der Waals surface area (Å²) in [5.74, 6) is -0.677. The van der Waals surface area contributed by atoms with Gasteiger partial charge in [-0.2, -0.15) is 4.31 Å². The number of hydrogen-bond donors (Lipinski definition) is 1. The standard InChI is InChI=1S/C11H13Cl2FN2O2S/c12-9-4-7(14)5-10(13)11(9)19(17,18)16-3-1-2-8(15)6-16/h4-5,8H,1-3,6,15H2/t8-/m1/s1. The van der Waals surface area contributed by atoms with Crippen LogP contribution in [0.1, 0.15) is 12.8 Å². The summed E-state index contributed by atoms with van der Waals surface area (Å²) in [6.45, 7) is 0.576. The van der Waals surface area contributed by atoms with Crippen molar-refractivity contribution in [3.63, 3.8) is 0 Å². The molecule has 1 aliphatic heterocycles. The zero-order valence-corrected chi connectivity index (χ0v) is 12.3. The van der Waals surface area contributed by atoms with Crippen molar-refractivity contribution in [2.75, 3.05) is 13.1 Å². The molecule has 1 saturated heterocycles. The van der Waals surface area contributed by atoms with Crippen molar-refractivity contribution in [3.05, 3.63) is 28.0 Å². The molecule has 0 bridgehead atoms. The van der Waals surface area contributed by atoms with Gasteiger partial charge in [0, 0.05) is 19.1 Å². The molecule has 1 aromatic rings. The van der Waals surface area contributed by atoms with Gasteiger partial charge in [-0.15, -0.1) is 0 Å². The third-order valence-electron chi connectivity index (χ3n) is 2.98. The summed E-state index contributed by atoms with van der Waals surface area (Å²) in [7, 11) is -3.85. The summed E-state index contributed by atoms with van der Waals surface area (Å²) in [5.41, 5.74) is 5.77. The molecule has 0 radical (unpaired) electrons. The summed E-state index contributed by atoms with van der Waals surface area (Å²) < 4.78 is 39.3. The molecular formula is C11H13Cl2FN2O2S. The van der Waals surface area contributed by atoms with E-state index in [0.29, 0.717) is 13.0 Å². The highest BCUT2D eigenvalue weighted by atomic mass is 35.5. The Morgan fingerprint density at radius 2 is 1.89 bits per heavy atom. The first-order chi connectivity index (χ1) is 8.82. The predicted molar refractivity (Wildman–Crippen MR) is 72.4 cm³/mol. The fourth-order valence-corrected chi connectivity index (χ4v) is 4.77. The smallest absolute Gasteiger partial charge is 0.246 e. The predicted octanol–water partition coefficient (Wildman–Crippen LogP) is 2.24. The quantitative estimate of drug-likeness (QED) is 0.906. The maximum Gasteiger partial charge on any atom is 0.246 e. The third-order valence-corrected chi connectivity index (χ3v) is 5.77. The van der Waals surface area contributed by atoms with Crippen LogP contribution in [0.5, 0.6) is 0 Å². The molecule has 106 valence electrons. The van der Waals surface area contributed by atoms with Crippen LogP contribution >= 0.6 is 23.2 Å². The van der Waals surface area contributed by atoms with Gasteiger partial charge in [0.15, 0.2) is 0 Å². The molecule has 2 N–H and O–H groups in total. The van der Waals surface area contributed by atoms with Gasteiger partial charge in [-0.3, -0.25) is 0 Å². The molecule has 4 nitrogen and oxygen atoms in total. The van der Waals surface area contributed by atoms with E-state index >= 15 is 0 Å². The van der Waals surface area contributed by atoms with Gasteiger partial charge < -0.3 is 5.73 Å². The molecule has 1 aliphatic rings. The van der Waals surface area contributed by atoms with E-state index in [0.717, 1.165) is 18.6 Å². The Labute approximate surface area is 121 Å². The van der Waals surface area contributed by atoms with Crippen molar-refractivity contribution in [1.82, 2.24) is 4.31 Å². The molecule has 2 rings (SSSR count). The van der Waals surface area contributed by atoms with E-state index in [9.17, 15) is 12.8 Å². The lowest BCUT2D eigenvalue weighted by atomic mass is 10.1. The lowest BCUT2D eigenvalue weighted by molar-refractivity contribution is 0.316. The Hall–Kier alpha value is -0.400. The van der Waals surface area contributed by atoms with Crippen molar-refractivity contribution < 1.29 is 12.8 Å². The number of sulfonamides is 1. The summed E-state index contributed by atoms with van der Waals surface area (Å²) in [6.07, 6.45) is 1.45. The second-order valence-corrected chi connectivity index (χ2v) is 7.15. The molecule has 0 spiro atoms. The van der Waals surface area contributed by atoms with E-state index in [-0.39, 0.29) is 27.5 Å². The van der Waals surface area contributed by atoms with E-state index < -0.39 is 15.8 Å². The van der Waals surface area contributed by atoms with Gasteiger partial charge in [0.05, 0.1) is 10.0 Å². The lowest BCUT2D eigenvalue weighted by Crippen LogP contribution is -2.45. The number of hydrogen-bond acceptors (Lipinski definition) is 3. The fraction of sp³-hybridized carbons (Fsp3) is 0.455. The summed E-state index contributed by atoms with van der Waals surface area (Å²) in [4.78, 5) is -0.258. The summed E-state index contributed by atoms with van der Waals surface area (Å²) in [5, 5.41) is -0.437. The van der Waals surface area contributed by atoms with Crippen LogP contribution in [0.3, 0.4) is 0 Å². The van der Waals surface area contributed by atoms with Gasteiger partial charge >= 0.3 is 0 Å². The largest absolute Gasteiger partial charge is 0.327 e. The first kappa shape index (κ1) is 15.0. The van der Waals surface area contributed by atoms with E-state index in [1.165, 1.54) is 4.31 Å². The van der Waals surface area contributed by atoms with Crippen LogP contribution in [0.15, 0.2) is 17.0 Å². The molecule has 1 aromatic carbocycles. The number of nitrogens with two attached hydrogens (primary N) is 1. The van der Waals surface area contributed by atoms with Crippen LogP contribution in [-0.4, -0.2) is 31.9 Å².